The summed E-state index contributed by atoms with van der Waals surface area (Å²) in [5, 5.41) is 0. The van der Waals surface area contributed by atoms with E-state index in [0.717, 1.165) is 35.0 Å². The molecular weight excluding hydrogens is 234 g/mol. The van der Waals surface area contributed by atoms with Gasteiger partial charge in [0.25, 0.3) is 0 Å². The highest BCUT2D eigenvalue weighted by Gasteiger charge is 2.24. The van der Waals surface area contributed by atoms with Gasteiger partial charge in [-0.3, -0.25) is 0 Å². The van der Waals surface area contributed by atoms with Crippen LogP contribution in [0.3, 0.4) is 0 Å². The van der Waals surface area contributed by atoms with Crippen LogP contribution in [0.2, 0.25) is 0 Å². The van der Waals surface area contributed by atoms with Crippen LogP contribution in [0.25, 0.3) is 0 Å². The van der Waals surface area contributed by atoms with Crippen molar-refractivity contribution in [2.24, 2.45) is 5.73 Å². The third kappa shape index (κ3) is 2.24. The molecule has 1 aliphatic rings. The largest absolute Gasteiger partial charge is 0.493 e. The Labute approximate surface area is 107 Å². The van der Waals surface area contributed by atoms with E-state index in [0.29, 0.717) is 0 Å². The van der Waals surface area contributed by atoms with Gasteiger partial charge in [0.05, 0.1) is 14.2 Å². The zero-order valence-electron chi connectivity index (χ0n) is 10.6. The number of fused-ring (bicyclic) bond motifs is 1. The summed E-state index contributed by atoms with van der Waals surface area (Å²) in [4.78, 5) is 0. The fourth-order valence-electron chi connectivity index (χ4n) is 2.31. The monoisotopic (exact) mass is 253 g/mol. The van der Waals surface area contributed by atoms with Crippen molar-refractivity contribution in [2.45, 2.75) is 25.1 Å². The summed E-state index contributed by atoms with van der Waals surface area (Å²) in [5.74, 6) is 3.70. The second-order valence-electron chi connectivity index (χ2n) is 4.27. The number of aryl methyl sites for hydroxylation is 1. The maximum Gasteiger partial charge on any atom is 0.165 e. The average molecular weight is 253 g/mol. The van der Waals surface area contributed by atoms with E-state index in [-0.39, 0.29) is 6.04 Å². The molecule has 1 unspecified atom stereocenters. The Morgan fingerprint density at radius 1 is 1.35 bits per heavy atom. The number of rotatable bonds is 2. The zero-order valence-corrected chi connectivity index (χ0v) is 11.4. The van der Waals surface area contributed by atoms with Crippen LogP contribution in [-0.4, -0.2) is 20.0 Å². The van der Waals surface area contributed by atoms with Crippen molar-refractivity contribution in [3.05, 3.63) is 22.8 Å². The Hall–Kier alpha value is -0.870. The number of methoxy groups -OCH3 is 2. The SMILES string of the molecule is COc1cc(C)c2c(c1OC)C(N)CCSC2. The van der Waals surface area contributed by atoms with E-state index >= 15 is 0 Å². The first-order valence-electron chi connectivity index (χ1n) is 5.76. The molecule has 1 heterocycles. The van der Waals surface area contributed by atoms with Gasteiger partial charge in [0.2, 0.25) is 0 Å². The summed E-state index contributed by atoms with van der Waals surface area (Å²) in [5.41, 5.74) is 9.96. The minimum Gasteiger partial charge on any atom is -0.493 e. The molecule has 0 saturated carbocycles. The van der Waals surface area contributed by atoms with Gasteiger partial charge in [-0.15, -0.1) is 0 Å². The highest BCUT2D eigenvalue weighted by molar-refractivity contribution is 7.98. The van der Waals surface area contributed by atoms with Crippen molar-refractivity contribution in [1.82, 2.24) is 0 Å². The normalized spacial score (nSPS) is 19.4. The van der Waals surface area contributed by atoms with Crippen molar-refractivity contribution in [1.29, 1.82) is 0 Å². The van der Waals surface area contributed by atoms with Gasteiger partial charge in [-0.1, -0.05) is 0 Å². The molecule has 1 atom stereocenters. The van der Waals surface area contributed by atoms with Gasteiger partial charge in [-0.2, -0.15) is 11.8 Å². The lowest BCUT2D eigenvalue weighted by atomic mass is 9.94. The molecule has 2 N–H and O–H groups in total. The van der Waals surface area contributed by atoms with E-state index in [1.807, 2.05) is 17.8 Å². The van der Waals surface area contributed by atoms with Gasteiger partial charge in [0.15, 0.2) is 11.5 Å². The molecule has 1 aliphatic heterocycles. The Balaban J connectivity index is 2.64. The standard InChI is InChI=1S/C13H19NO2S/c1-8-6-11(15-2)13(16-3)12-9(8)7-17-5-4-10(12)14/h6,10H,4-5,7,14H2,1-3H3. The molecule has 0 amide bonds. The highest BCUT2D eigenvalue weighted by atomic mass is 32.2. The van der Waals surface area contributed by atoms with Gasteiger partial charge in [0.1, 0.15) is 0 Å². The summed E-state index contributed by atoms with van der Waals surface area (Å²) in [6, 6.07) is 2.08. The average Bonchev–Trinajstić information content (AvgIpc) is 2.52. The van der Waals surface area contributed by atoms with Gasteiger partial charge < -0.3 is 15.2 Å². The van der Waals surface area contributed by atoms with Crippen LogP contribution in [0, 0.1) is 6.92 Å². The van der Waals surface area contributed by atoms with E-state index in [2.05, 4.69) is 6.92 Å². The summed E-state index contributed by atoms with van der Waals surface area (Å²) in [7, 11) is 3.35. The third-order valence-corrected chi connectivity index (χ3v) is 4.25. The number of nitrogens with two attached hydrogens (primary N) is 1. The predicted molar refractivity (Wildman–Crippen MR) is 72.0 cm³/mol. The van der Waals surface area contributed by atoms with Crippen LogP contribution < -0.4 is 15.2 Å². The van der Waals surface area contributed by atoms with Crippen molar-refractivity contribution in [2.75, 3.05) is 20.0 Å². The maximum atomic E-state index is 6.27. The van der Waals surface area contributed by atoms with Crippen LogP contribution in [0.1, 0.15) is 29.2 Å². The summed E-state index contributed by atoms with van der Waals surface area (Å²) in [6.07, 6.45) is 0.987. The molecule has 4 heteroatoms. The molecule has 2 rings (SSSR count). The summed E-state index contributed by atoms with van der Waals surface area (Å²) in [6.45, 7) is 2.11. The lowest BCUT2D eigenvalue weighted by Crippen LogP contribution is -2.14. The van der Waals surface area contributed by atoms with Gasteiger partial charge in [-0.25, -0.2) is 0 Å². The van der Waals surface area contributed by atoms with Crippen LogP contribution in [0.5, 0.6) is 11.5 Å². The first-order valence-corrected chi connectivity index (χ1v) is 6.92. The molecule has 1 aromatic carbocycles. The minimum absolute atomic E-state index is 0.0451. The van der Waals surface area contributed by atoms with Crippen molar-refractivity contribution >= 4 is 11.8 Å². The van der Waals surface area contributed by atoms with Crippen LogP contribution >= 0.6 is 11.8 Å². The molecule has 1 aromatic rings. The van der Waals surface area contributed by atoms with Gasteiger partial charge >= 0.3 is 0 Å². The molecule has 0 aromatic heterocycles. The zero-order chi connectivity index (χ0) is 12.4. The Bertz CT molecular complexity index is 420. The molecule has 94 valence electrons. The summed E-state index contributed by atoms with van der Waals surface area (Å²) < 4.78 is 10.9. The molecule has 0 bridgehead atoms. The third-order valence-electron chi connectivity index (χ3n) is 3.23. The van der Waals surface area contributed by atoms with Crippen molar-refractivity contribution in [3.8, 4) is 11.5 Å². The Kier molecular flexibility index (Phi) is 3.84. The lowest BCUT2D eigenvalue weighted by Gasteiger charge is -2.20. The Morgan fingerprint density at radius 2 is 2.12 bits per heavy atom. The molecule has 0 spiro atoms. The highest BCUT2D eigenvalue weighted by Crippen LogP contribution is 2.42. The number of hydrogen-bond acceptors (Lipinski definition) is 4. The quantitative estimate of drug-likeness (QED) is 0.880. The second-order valence-corrected chi connectivity index (χ2v) is 5.37. The molecule has 0 radical (unpaired) electrons. The number of benzene rings is 1. The number of thioether (sulfide) groups is 1. The van der Waals surface area contributed by atoms with Crippen LogP contribution in [0.15, 0.2) is 6.07 Å². The van der Waals surface area contributed by atoms with Crippen molar-refractivity contribution < 1.29 is 9.47 Å². The fourth-order valence-corrected chi connectivity index (χ4v) is 3.46. The fraction of sp³-hybridized carbons (Fsp3) is 0.538. The predicted octanol–water partition coefficient (Wildman–Crippen LogP) is 2.65. The van der Waals surface area contributed by atoms with Crippen LogP contribution in [-0.2, 0) is 5.75 Å². The number of hydrogen-bond donors (Lipinski definition) is 1. The van der Waals surface area contributed by atoms with Crippen LogP contribution in [0.4, 0.5) is 0 Å². The lowest BCUT2D eigenvalue weighted by molar-refractivity contribution is 0.348. The van der Waals surface area contributed by atoms with E-state index in [1.54, 1.807) is 14.2 Å². The second kappa shape index (κ2) is 5.19. The maximum absolute atomic E-state index is 6.27. The first-order chi connectivity index (χ1) is 8.19. The first kappa shape index (κ1) is 12.6. The summed E-state index contributed by atoms with van der Waals surface area (Å²) >= 11 is 1.93. The Morgan fingerprint density at radius 3 is 2.76 bits per heavy atom. The topological polar surface area (TPSA) is 44.5 Å². The molecule has 0 saturated heterocycles. The molecule has 17 heavy (non-hydrogen) atoms. The van der Waals surface area contributed by atoms with Gasteiger partial charge in [-0.05, 0) is 36.3 Å². The van der Waals surface area contributed by atoms with Crippen molar-refractivity contribution in [3.63, 3.8) is 0 Å². The van der Waals surface area contributed by atoms with E-state index < -0.39 is 0 Å². The molecule has 3 nitrogen and oxygen atoms in total. The van der Waals surface area contributed by atoms with E-state index in [1.165, 1.54) is 11.1 Å². The molecule has 0 aliphatic carbocycles. The molecule has 0 fully saturated rings. The van der Waals surface area contributed by atoms with E-state index in [9.17, 15) is 0 Å². The minimum atomic E-state index is 0.0451. The number of ether oxygens (including phenoxy) is 2. The van der Waals surface area contributed by atoms with Gasteiger partial charge in [0, 0.05) is 17.4 Å². The smallest absolute Gasteiger partial charge is 0.165 e. The molecular formula is C13H19NO2S. The van der Waals surface area contributed by atoms with E-state index in [4.69, 9.17) is 15.2 Å².